The van der Waals surface area contributed by atoms with Crippen molar-refractivity contribution in [3.05, 3.63) is 41.8 Å². The van der Waals surface area contributed by atoms with Crippen molar-refractivity contribution in [3.8, 4) is 0 Å². The second kappa shape index (κ2) is 5.87. The van der Waals surface area contributed by atoms with Crippen LogP contribution >= 0.6 is 11.3 Å². The summed E-state index contributed by atoms with van der Waals surface area (Å²) in [5.74, 6) is 0. The van der Waals surface area contributed by atoms with E-state index in [1.807, 2.05) is 11.3 Å². The van der Waals surface area contributed by atoms with E-state index < -0.39 is 0 Å². The molecule has 0 bridgehead atoms. The van der Waals surface area contributed by atoms with E-state index in [1.165, 1.54) is 20.5 Å². The number of hydrogen-bond acceptors (Lipinski definition) is 3. The van der Waals surface area contributed by atoms with Crippen LogP contribution in [0.1, 0.15) is 11.3 Å². The van der Waals surface area contributed by atoms with Crippen molar-refractivity contribution < 1.29 is 4.74 Å². The predicted octanol–water partition coefficient (Wildman–Crippen LogP) is 3.64. The Morgan fingerprint density at radius 1 is 1.26 bits per heavy atom. The first kappa shape index (κ1) is 12.9. The Kier molecular flexibility index (Phi) is 3.97. The van der Waals surface area contributed by atoms with Gasteiger partial charge in [0, 0.05) is 29.2 Å². The van der Waals surface area contributed by atoms with Crippen LogP contribution in [-0.4, -0.2) is 37.7 Å². The van der Waals surface area contributed by atoms with Gasteiger partial charge in [0.1, 0.15) is 0 Å². The second-order valence-corrected chi connectivity index (χ2v) is 6.04. The molecule has 1 aromatic heterocycles. The van der Waals surface area contributed by atoms with E-state index in [9.17, 15) is 0 Å². The molecule has 19 heavy (non-hydrogen) atoms. The standard InChI is InChI=1S/C16H19NOS/c1-13(6-7-17-8-10-18-11-9-17)16-12-14-4-2-3-5-15(14)19-16/h2-5,12H,1,6-11H2. The molecule has 2 heterocycles. The van der Waals surface area contributed by atoms with Gasteiger partial charge in [0.05, 0.1) is 13.2 Å². The summed E-state index contributed by atoms with van der Waals surface area (Å²) in [6.45, 7) is 9.20. The van der Waals surface area contributed by atoms with Crippen molar-refractivity contribution >= 4 is 27.0 Å². The lowest BCUT2D eigenvalue weighted by Crippen LogP contribution is -2.36. The number of ether oxygens (including phenoxy) is 1. The molecule has 1 aliphatic rings. The fourth-order valence-corrected chi connectivity index (χ4v) is 3.46. The molecular weight excluding hydrogens is 254 g/mol. The molecule has 3 rings (SSSR count). The highest BCUT2D eigenvalue weighted by Crippen LogP contribution is 2.31. The van der Waals surface area contributed by atoms with Crippen molar-refractivity contribution in [2.24, 2.45) is 0 Å². The first-order valence-electron chi connectivity index (χ1n) is 6.80. The average molecular weight is 273 g/mol. The van der Waals surface area contributed by atoms with Crippen LogP contribution in [0.15, 0.2) is 36.9 Å². The first-order chi connectivity index (χ1) is 9.33. The average Bonchev–Trinajstić information content (AvgIpc) is 2.90. The quantitative estimate of drug-likeness (QED) is 0.843. The maximum absolute atomic E-state index is 5.37. The van der Waals surface area contributed by atoms with E-state index in [4.69, 9.17) is 4.74 Å². The molecule has 1 fully saturated rings. The smallest absolute Gasteiger partial charge is 0.0594 e. The van der Waals surface area contributed by atoms with E-state index in [-0.39, 0.29) is 0 Å². The summed E-state index contributed by atoms with van der Waals surface area (Å²) in [7, 11) is 0. The molecule has 2 aromatic rings. The highest BCUT2D eigenvalue weighted by molar-refractivity contribution is 7.20. The summed E-state index contributed by atoms with van der Waals surface area (Å²) >= 11 is 1.85. The third-order valence-electron chi connectivity index (χ3n) is 3.61. The topological polar surface area (TPSA) is 12.5 Å². The van der Waals surface area contributed by atoms with Crippen molar-refractivity contribution in [1.82, 2.24) is 4.90 Å². The molecule has 0 unspecified atom stereocenters. The molecule has 0 atom stereocenters. The van der Waals surface area contributed by atoms with Gasteiger partial charge < -0.3 is 4.74 Å². The Bertz CT molecular complexity index is 536. The van der Waals surface area contributed by atoms with Crippen molar-refractivity contribution in [2.45, 2.75) is 6.42 Å². The van der Waals surface area contributed by atoms with Crippen LogP contribution in [0.2, 0.25) is 0 Å². The number of fused-ring (bicyclic) bond motifs is 1. The molecule has 0 radical (unpaired) electrons. The zero-order chi connectivity index (χ0) is 13.1. The third-order valence-corrected chi connectivity index (χ3v) is 4.83. The number of morpholine rings is 1. The molecule has 3 heteroatoms. The Morgan fingerprint density at radius 2 is 2.05 bits per heavy atom. The summed E-state index contributed by atoms with van der Waals surface area (Å²) < 4.78 is 6.72. The highest BCUT2D eigenvalue weighted by Gasteiger charge is 2.11. The molecule has 1 aliphatic heterocycles. The van der Waals surface area contributed by atoms with Crippen LogP contribution in [0.4, 0.5) is 0 Å². The third kappa shape index (κ3) is 3.06. The van der Waals surface area contributed by atoms with Crippen LogP contribution < -0.4 is 0 Å². The molecule has 100 valence electrons. The summed E-state index contributed by atoms with van der Waals surface area (Å²) in [4.78, 5) is 3.79. The van der Waals surface area contributed by atoms with E-state index in [0.717, 1.165) is 39.3 Å². The van der Waals surface area contributed by atoms with Crippen molar-refractivity contribution in [1.29, 1.82) is 0 Å². The fraction of sp³-hybridized carbons (Fsp3) is 0.375. The Labute approximate surface area is 118 Å². The SMILES string of the molecule is C=C(CCN1CCOCC1)c1cc2ccccc2s1. The molecule has 2 nitrogen and oxygen atoms in total. The van der Waals surface area contributed by atoms with Gasteiger partial charge in [-0.2, -0.15) is 0 Å². The summed E-state index contributed by atoms with van der Waals surface area (Å²) in [5.41, 5.74) is 1.26. The minimum atomic E-state index is 0.870. The fourth-order valence-electron chi connectivity index (χ4n) is 2.40. The van der Waals surface area contributed by atoms with E-state index >= 15 is 0 Å². The van der Waals surface area contributed by atoms with Crippen molar-refractivity contribution in [2.75, 3.05) is 32.8 Å². The molecular formula is C16H19NOS. The lowest BCUT2D eigenvalue weighted by Gasteiger charge is -2.26. The maximum atomic E-state index is 5.37. The van der Waals surface area contributed by atoms with Gasteiger partial charge in [0.2, 0.25) is 0 Å². The second-order valence-electron chi connectivity index (χ2n) is 4.96. The van der Waals surface area contributed by atoms with Gasteiger partial charge in [-0.1, -0.05) is 24.8 Å². The van der Waals surface area contributed by atoms with E-state index in [2.05, 4.69) is 41.8 Å². The highest BCUT2D eigenvalue weighted by atomic mass is 32.1. The lowest BCUT2D eigenvalue weighted by atomic mass is 10.1. The van der Waals surface area contributed by atoms with Gasteiger partial charge in [-0.3, -0.25) is 4.90 Å². The molecule has 0 saturated carbocycles. The predicted molar refractivity (Wildman–Crippen MR) is 82.7 cm³/mol. The Balaban J connectivity index is 1.63. The molecule has 0 N–H and O–H groups in total. The zero-order valence-corrected chi connectivity index (χ0v) is 11.9. The van der Waals surface area contributed by atoms with Gasteiger partial charge in [-0.15, -0.1) is 11.3 Å². The molecule has 1 aromatic carbocycles. The minimum absolute atomic E-state index is 0.870. The Morgan fingerprint density at radius 3 is 2.84 bits per heavy atom. The monoisotopic (exact) mass is 273 g/mol. The van der Waals surface area contributed by atoms with Gasteiger partial charge in [-0.05, 0) is 29.5 Å². The van der Waals surface area contributed by atoms with Crippen LogP contribution in [0.25, 0.3) is 15.7 Å². The van der Waals surface area contributed by atoms with Crippen LogP contribution in [0, 0.1) is 0 Å². The number of rotatable bonds is 4. The van der Waals surface area contributed by atoms with E-state index in [1.54, 1.807) is 0 Å². The minimum Gasteiger partial charge on any atom is -0.379 e. The van der Waals surface area contributed by atoms with Gasteiger partial charge in [-0.25, -0.2) is 0 Å². The lowest BCUT2D eigenvalue weighted by molar-refractivity contribution is 0.0390. The number of hydrogen-bond donors (Lipinski definition) is 0. The number of nitrogens with zero attached hydrogens (tertiary/aromatic N) is 1. The first-order valence-corrected chi connectivity index (χ1v) is 7.61. The molecule has 0 amide bonds. The summed E-state index contributed by atoms with van der Waals surface area (Å²) in [6, 6.07) is 10.8. The normalized spacial score (nSPS) is 16.8. The largest absolute Gasteiger partial charge is 0.379 e. The number of benzene rings is 1. The van der Waals surface area contributed by atoms with Crippen molar-refractivity contribution in [3.63, 3.8) is 0 Å². The van der Waals surface area contributed by atoms with Crippen LogP contribution in [-0.2, 0) is 4.74 Å². The summed E-state index contributed by atoms with van der Waals surface area (Å²) in [5, 5.41) is 1.33. The van der Waals surface area contributed by atoms with Gasteiger partial charge in [0.15, 0.2) is 0 Å². The maximum Gasteiger partial charge on any atom is 0.0594 e. The zero-order valence-electron chi connectivity index (χ0n) is 11.1. The molecule has 0 spiro atoms. The van der Waals surface area contributed by atoms with Gasteiger partial charge in [0.25, 0.3) is 0 Å². The molecule has 0 aliphatic carbocycles. The van der Waals surface area contributed by atoms with E-state index in [0.29, 0.717) is 0 Å². The Hall–Kier alpha value is -1.16. The summed E-state index contributed by atoms with van der Waals surface area (Å²) in [6.07, 6.45) is 1.05. The molecule has 1 saturated heterocycles. The van der Waals surface area contributed by atoms with Crippen LogP contribution in [0.5, 0.6) is 0 Å². The van der Waals surface area contributed by atoms with Crippen LogP contribution in [0.3, 0.4) is 0 Å². The van der Waals surface area contributed by atoms with Gasteiger partial charge >= 0.3 is 0 Å². The number of thiophene rings is 1.